The molecule has 0 saturated heterocycles. The van der Waals surface area contributed by atoms with E-state index in [0.29, 0.717) is 15.5 Å². The monoisotopic (exact) mass is 333 g/mol. The Balaban J connectivity index is 0.000000306. The van der Waals surface area contributed by atoms with E-state index in [4.69, 9.17) is 31.0 Å². The Morgan fingerprint density at radius 1 is 0.833 bits per heavy atom. The molecule has 0 heterocycles. The van der Waals surface area contributed by atoms with Crippen LogP contribution in [0.15, 0.2) is 52.3 Å². The van der Waals surface area contributed by atoms with Crippen molar-refractivity contribution in [2.45, 2.75) is 9.79 Å². The molecule has 0 spiro atoms. The van der Waals surface area contributed by atoms with Gasteiger partial charge in [0.2, 0.25) is 0 Å². The van der Waals surface area contributed by atoms with Gasteiger partial charge in [0.05, 0.1) is 0 Å². The molecule has 0 aromatic heterocycles. The summed E-state index contributed by atoms with van der Waals surface area (Å²) in [5, 5.41) is 0. The van der Waals surface area contributed by atoms with Gasteiger partial charge in [0.1, 0.15) is 11.6 Å². The third-order valence-corrected chi connectivity index (χ3v) is 2.43. The molecule has 1 nitrogen and oxygen atoms in total. The Morgan fingerprint density at radius 2 is 1.33 bits per heavy atom. The van der Waals surface area contributed by atoms with Gasteiger partial charge in [-0.15, -0.1) is 0 Å². The van der Waals surface area contributed by atoms with E-state index in [2.05, 4.69) is 0 Å². The minimum absolute atomic E-state index is 0. The van der Waals surface area contributed by atoms with Gasteiger partial charge in [0.15, 0.2) is 0 Å². The van der Waals surface area contributed by atoms with Crippen LogP contribution in [0.5, 0.6) is 0 Å². The molecule has 2 aromatic rings. The Bertz CT molecular complexity index is 471. The smallest absolute Gasteiger partial charge is 0.780 e. The summed E-state index contributed by atoms with van der Waals surface area (Å²) in [5.41, 5.74) is 5.60. The number of benzene rings is 2. The first kappa shape index (κ1) is 17.2. The average molecular weight is 335 g/mol. The predicted molar refractivity (Wildman–Crippen MR) is 68.5 cm³/mol. The van der Waals surface area contributed by atoms with Crippen LogP contribution in [0.25, 0.3) is 0 Å². The van der Waals surface area contributed by atoms with Crippen LogP contribution in [0.4, 0.5) is 14.5 Å². The second-order valence-electron chi connectivity index (χ2n) is 3.14. The van der Waals surface area contributed by atoms with Gasteiger partial charge in [0, 0.05) is 5.69 Å². The minimum Gasteiger partial charge on any atom is -0.780 e. The van der Waals surface area contributed by atoms with Crippen LogP contribution in [0.3, 0.4) is 0 Å². The molecule has 0 atom stereocenters. The van der Waals surface area contributed by atoms with Crippen molar-refractivity contribution < 1.29 is 28.3 Å². The van der Waals surface area contributed by atoms with E-state index in [9.17, 15) is 8.78 Å². The van der Waals surface area contributed by atoms with Gasteiger partial charge < -0.3 is 31.0 Å². The van der Waals surface area contributed by atoms with Gasteiger partial charge in [-0.05, 0) is 24.3 Å². The number of hydrogen-bond acceptors (Lipinski definition) is 3. The molecule has 0 bridgehead atoms. The quantitative estimate of drug-likeness (QED) is 0.455. The number of nitrogen functional groups attached to an aromatic ring is 1. The van der Waals surface area contributed by atoms with Crippen LogP contribution < -0.4 is 5.73 Å². The van der Waals surface area contributed by atoms with Crippen LogP contribution in [0.2, 0.25) is 0 Å². The normalized spacial score (nSPS) is 8.78. The number of anilines is 1. The van der Waals surface area contributed by atoms with E-state index in [1.165, 1.54) is 30.3 Å². The maximum absolute atomic E-state index is 12.2. The van der Waals surface area contributed by atoms with E-state index in [1.807, 2.05) is 0 Å². The maximum Gasteiger partial charge on any atom is 2.00 e. The van der Waals surface area contributed by atoms with Crippen LogP contribution in [0, 0.1) is 11.6 Å². The van der Waals surface area contributed by atoms with E-state index in [0.717, 1.165) is 0 Å². The molecule has 2 aromatic carbocycles. The van der Waals surface area contributed by atoms with Crippen molar-refractivity contribution in [2.75, 3.05) is 5.73 Å². The van der Waals surface area contributed by atoms with Crippen molar-refractivity contribution in [3.8, 4) is 0 Å². The third-order valence-electron chi connectivity index (χ3n) is 1.79. The minimum atomic E-state index is -0.346. The second-order valence-corrected chi connectivity index (χ2v) is 4.05. The first-order valence-electron chi connectivity index (χ1n) is 4.63. The Morgan fingerprint density at radius 3 is 1.72 bits per heavy atom. The predicted octanol–water partition coefficient (Wildman–Crippen LogP) is 3.04. The number of halogens is 2. The van der Waals surface area contributed by atoms with E-state index < -0.39 is 0 Å². The molecule has 2 rings (SSSR count). The van der Waals surface area contributed by atoms with E-state index in [1.54, 1.807) is 12.1 Å². The van der Waals surface area contributed by atoms with Gasteiger partial charge in [-0.2, -0.15) is 9.79 Å². The molecule has 6 heteroatoms. The topological polar surface area (TPSA) is 26.0 Å². The van der Waals surface area contributed by atoms with E-state index >= 15 is 0 Å². The number of hydrogen-bond donors (Lipinski definition) is 1. The van der Waals surface area contributed by atoms with Crippen LogP contribution in [-0.4, -0.2) is 0 Å². The average Bonchev–Trinajstić information content (AvgIpc) is 2.29. The SMILES string of the molecule is Fc1ccc([S-])cc1.Nc1cc(F)ccc1[S-].[Zn+2]. The van der Waals surface area contributed by atoms with E-state index in [-0.39, 0.29) is 31.1 Å². The van der Waals surface area contributed by atoms with Crippen LogP contribution in [-0.2, 0) is 44.7 Å². The summed E-state index contributed by atoms with van der Waals surface area (Å²) >= 11 is 9.43. The zero-order valence-corrected chi connectivity index (χ0v) is 14.0. The summed E-state index contributed by atoms with van der Waals surface area (Å²) in [6, 6.07) is 9.79. The molecule has 0 fully saturated rings. The third kappa shape index (κ3) is 6.19. The summed E-state index contributed by atoms with van der Waals surface area (Å²) < 4.78 is 24.3. The van der Waals surface area contributed by atoms with Crippen molar-refractivity contribution in [3.63, 3.8) is 0 Å². The van der Waals surface area contributed by atoms with Crippen molar-refractivity contribution >= 4 is 30.9 Å². The van der Waals surface area contributed by atoms with Crippen molar-refractivity contribution in [1.82, 2.24) is 0 Å². The first-order chi connectivity index (χ1) is 7.99. The number of rotatable bonds is 0. The first-order valence-corrected chi connectivity index (χ1v) is 5.45. The fourth-order valence-corrected chi connectivity index (χ4v) is 1.22. The standard InChI is InChI=1S/C6H6FNS.C6H5FS.Zn/c7-4-1-2-6(9)5(8)3-4;7-5-1-3-6(8)4-2-5;/h1-3,9H,8H2;1-4,8H;/q;;+2/p-2. The van der Waals surface area contributed by atoms with Gasteiger partial charge in [-0.3, -0.25) is 0 Å². The molecule has 0 aliphatic rings. The molecule has 0 radical (unpaired) electrons. The molecule has 0 saturated carbocycles. The summed E-state index contributed by atoms with van der Waals surface area (Å²) in [6.45, 7) is 0. The van der Waals surface area contributed by atoms with Gasteiger partial charge in [-0.25, -0.2) is 8.78 Å². The summed E-state index contributed by atoms with van der Waals surface area (Å²) in [6.07, 6.45) is 0. The van der Waals surface area contributed by atoms with Gasteiger partial charge in [0.25, 0.3) is 0 Å². The summed E-state index contributed by atoms with van der Waals surface area (Å²) in [5.74, 6) is -0.584. The Labute approximate surface area is 128 Å². The summed E-state index contributed by atoms with van der Waals surface area (Å²) in [7, 11) is 0. The van der Waals surface area contributed by atoms with Gasteiger partial charge >= 0.3 is 19.5 Å². The molecular weight excluding hydrogens is 326 g/mol. The van der Waals surface area contributed by atoms with Crippen molar-refractivity contribution in [2.24, 2.45) is 0 Å². The van der Waals surface area contributed by atoms with Gasteiger partial charge in [-0.1, -0.05) is 18.2 Å². The zero-order valence-electron chi connectivity index (χ0n) is 9.40. The largest absolute Gasteiger partial charge is 2.00 e. The summed E-state index contributed by atoms with van der Waals surface area (Å²) in [4.78, 5) is 1.17. The van der Waals surface area contributed by atoms with Crippen LogP contribution >= 0.6 is 0 Å². The van der Waals surface area contributed by atoms with Crippen LogP contribution in [0.1, 0.15) is 0 Å². The Kier molecular flexibility index (Phi) is 7.91. The molecule has 0 unspecified atom stereocenters. The molecule has 18 heavy (non-hydrogen) atoms. The molecule has 90 valence electrons. The molecule has 0 amide bonds. The fraction of sp³-hybridized carbons (Fsp3) is 0. The fourth-order valence-electron chi connectivity index (χ4n) is 0.954. The van der Waals surface area contributed by atoms with Crippen molar-refractivity contribution in [3.05, 3.63) is 54.1 Å². The molecular formula is C12H9F2NS2Zn. The molecule has 0 aliphatic carbocycles. The zero-order chi connectivity index (χ0) is 12.8. The molecule has 2 N–H and O–H groups in total. The maximum atomic E-state index is 12.2. The second kappa shape index (κ2) is 8.30. The Hall–Kier alpha value is -0.837. The number of nitrogens with two attached hydrogens (primary N) is 1. The molecule has 0 aliphatic heterocycles. The van der Waals surface area contributed by atoms with Crippen molar-refractivity contribution in [1.29, 1.82) is 0 Å².